The number of thioether (sulfide) groups is 1. The first-order chi connectivity index (χ1) is 14.8. The number of anilines is 1. The fourth-order valence-corrected chi connectivity index (χ4v) is 4.40. The van der Waals surface area contributed by atoms with E-state index in [1.54, 1.807) is 18.2 Å². The lowest BCUT2D eigenvalue weighted by molar-refractivity contribution is -0.113. The van der Waals surface area contributed by atoms with Gasteiger partial charge in [-0.15, -0.1) is 10.2 Å². The van der Waals surface area contributed by atoms with E-state index in [1.807, 2.05) is 44.4 Å². The number of nitrogens with zero attached hydrogens (tertiary/aromatic N) is 3. The van der Waals surface area contributed by atoms with E-state index in [4.69, 9.17) is 27.9 Å². The standard InChI is InChI=1S/C22H24Cl2N4O2S/c1-5-28-21(15(4)30-18-10-9-13(2)11-14(18)3)26-27-22(28)31-12-19(29)25-20-16(23)7-6-8-17(20)24/h6-11,15H,5,12H2,1-4H3,(H,25,29). The number of hydrogen-bond donors (Lipinski definition) is 1. The van der Waals surface area contributed by atoms with Gasteiger partial charge in [0.1, 0.15) is 5.75 Å². The first kappa shape index (κ1) is 23.4. The molecular formula is C22H24Cl2N4O2S. The fraction of sp³-hybridized carbons (Fsp3) is 0.318. The first-order valence-electron chi connectivity index (χ1n) is 9.83. The van der Waals surface area contributed by atoms with Crippen molar-refractivity contribution in [3.8, 4) is 5.75 Å². The monoisotopic (exact) mass is 478 g/mol. The van der Waals surface area contributed by atoms with Gasteiger partial charge in [-0.1, -0.05) is 58.7 Å². The summed E-state index contributed by atoms with van der Waals surface area (Å²) in [5.74, 6) is 1.44. The maximum Gasteiger partial charge on any atom is 0.234 e. The van der Waals surface area contributed by atoms with E-state index in [0.29, 0.717) is 33.3 Å². The van der Waals surface area contributed by atoms with Crippen molar-refractivity contribution in [1.82, 2.24) is 14.8 Å². The van der Waals surface area contributed by atoms with Gasteiger partial charge in [0.25, 0.3) is 0 Å². The Morgan fingerprint density at radius 2 is 1.90 bits per heavy atom. The lowest BCUT2D eigenvalue weighted by atomic mass is 10.1. The summed E-state index contributed by atoms with van der Waals surface area (Å²) in [5, 5.41) is 12.8. The third-order valence-electron chi connectivity index (χ3n) is 4.62. The molecule has 0 saturated heterocycles. The summed E-state index contributed by atoms with van der Waals surface area (Å²) in [6.45, 7) is 8.67. The van der Waals surface area contributed by atoms with Gasteiger partial charge in [0.05, 0.1) is 21.5 Å². The third-order valence-corrected chi connectivity index (χ3v) is 6.22. The number of halogens is 2. The topological polar surface area (TPSA) is 69.0 Å². The van der Waals surface area contributed by atoms with Crippen molar-refractivity contribution >= 4 is 46.6 Å². The number of aryl methyl sites for hydroxylation is 2. The number of hydrogen-bond acceptors (Lipinski definition) is 5. The molecule has 1 amide bonds. The highest BCUT2D eigenvalue weighted by Crippen LogP contribution is 2.31. The number of benzene rings is 2. The molecule has 1 heterocycles. The van der Waals surface area contributed by atoms with Crippen molar-refractivity contribution in [2.45, 2.75) is 45.5 Å². The van der Waals surface area contributed by atoms with Crippen LogP contribution in [-0.4, -0.2) is 26.4 Å². The average molecular weight is 479 g/mol. The van der Waals surface area contributed by atoms with Crippen molar-refractivity contribution in [1.29, 1.82) is 0 Å². The lowest BCUT2D eigenvalue weighted by Crippen LogP contribution is -2.16. The number of carbonyl (C=O) groups is 1. The molecular weight excluding hydrogens is 455 g/mol. The Hall–Kier alpha value is -2.22. The summed E-state index contributed by atoms with van der Waals surface area (Å²) in [7, 11) is 0. The van der Waals surface area contributed by atoms with E-state index >= 15 is 0 Å². The van der Waals surface area contributed by atoms with Crippen molar-refractivity contribution in [3.05, 3.63) is 63.4 Å². The van der Waals surface area contributed by atoms with Crippen molar-refractivity contribution in [3.63, 3.8) is 0 Å². The van der Waals surface area contributed by atoms with Crippen LogP contribution in [0.1, 0.15) is 36.9 Å². The van der Waals surface area contributed by atoms with E-state index in [-0.39, 0.29) is 17.8 Å². The first-order valence-corrected chi connectivity index (χ1v) is 11.6. The maximum atomic E-state index is 12.4. The highest BCUT2D eigenvalue weighted by atomic mass is 35.5. The summed E-state index contributed by atoms with van der Waals surface area (Å²) in [6.07, 6.45) is -0.293. The van der Waals surface area contributed by atoms with Crippen LogP contribution in [0.25, 0.3) is 0 Å². The Kier molecular flexibility index (Phi) is 7.86. The molecule has 3 aromatic rings. The number of para-hydroxylation sites is 1. The lowest BCUT2D eigenvalue weighted by Gasteiger charge is -2.17. The maximum absolute atomic E-state index is 12.4. The second-order valence-electron chi connectivity index (χ2n) is 7.05. The number of amides is 1. The number of carbonyl (C=O) groups excluding carboxylic acids is 1. The van der Waals surface area contributed by atoms with Crippen LogP contribution in [0.15, 0.2) is 41.6 Å². The van der Waals surface area contributed by atoms with Crippen LogP contribution in [0.2, 0.25) is 10.0 Å². The van der Waals surface area contributed by atoms with E-state index in [0.717, 1.165) is 11.3 Å². The summed E-state index contributed by atoms with van der Waals surface area (Å²) < 4.78 is 8.08. The Morgan fingerprint density at radius 1 is 1.19 bits per heavy atom. The molecule has 0 spiro atoms. The minimum Gasteiger partial charge on any atom is -0.482 e. The molecule has 6 nitrogen and oxygen atoms in total. The minimum absolute atomic E-state index is 0.145. The summed E-state index contributed by atoms with van der Waals surface area (Å²) >= 11 is 13.5. The predicted octanol–water partition coefficient (Wildman–Crippen LogP) is 6.09. The smallest absolute Gasteiger partial charge is 0.234 e. The normalized spacial score (nSPS) is 11.9. The van der Waals surface area contributed by atoms with Gasteiger partial charge in [-0.25, -0.2) is 0 Å². The number of ether oxygens (including phenoxy) is 1. The third kappa shape index (κ3) is 5.73. The Bertz CT molecular complexity index is 1070. The molecule has 2 aromatic carbocycles. The van der Waals surface area contributed by atoms with Crippen LogP contribution in [0.4, 0.5) is 5.69 Å². The van der Waals surface area contributed by atoms with Gasteiger partial charge in [-0.2, -0.15) is 0 Å². The zero-order valence-electron chi connectivity index (χ0n) is 17.8. The number of aromatic nitrogens is 3. The van der Waals surface area contributed by atoms with Gasteiger partial charge in [-0.05, 0) is 51.5 Å². The second kappa shape index (κ2) is 10.4. The van der Waals surface area contributed by atoms with Gasteiger partial charge < -0.3 is 14.6 Å². The van der Waals surface area contributed by atoms with Gasteiger partial charge in [0.15, 0.2) is 17.1 Å². The van der Waals surface area contributed by atoms with Gasteiger partial charge in [0, 0.05) is 6.54 Å². The Balaban J connectivity index is 1.67. The summed E-state index contributed by atoms with van der Waals surface area (Å²) in [5.41, 5.74) is 2.66. The molecule has 31 heavy (non-hydrogen) atoms. The van der Waals surface area contributed by atoms with Crippen molar-refractivity contribution < 1.29 is 9.53 Å². The number of rotatable bonds is 8. The molecule has 1 atom stereocenters. The second-order valence-corrected chi connectivity index (χ2v) is 8.80. The highest BCUT2D eigenvalue weighted by Gasteiger charge is 2.20. The molecule has 1 aromatic heterocycles. The summed E-state index contributed by atoms with van der Waals surface area (Å²) in [6, 6.07) is 11.1. The minimum atomic E-state index is -0.293. The largest absolute Gasteiger partial charge is 0.482 e. The Labute approximate surface area is 196 Å². The predicted molar refractivity (Wildman–Crippen MR) is 126 cm³/mol. The van der Waals surface area contributed by atoms with Crippen LogP contribution in [0.5, 0.6) is 5.75 Å². The zero-order chi connectivity index (χ0) is 22.5. The molecule has 0 saturated carbocycles. The van der Waals surface area contributed by atoms with E-state index in [2.05, 4.69) is 21.6 Å². The molecule has 1 N–H and O–H groups in total. The molecule has 1 unspecified atom stereocenters. The van der Waals surface area contributed by atoms with Crippen LogP contribution in [0.3, 0.4) is 0 Å². The van der Waals surface area contributed by atoms with Gasteiger partial charge in [-0.3, -0.25) is 4.79 Å². The zero-order valence-corrected chi connectivity index (χ0v) is 20.1. The van der Waals surface area contributed by atoms with Crippen LogP contribution < -0.4 is 10.1 Å². The van der Waals surface area contributed by atoms with Crippen molar-refractivity contribution in [2.24, 2.45) is 0 Å². The Morgan fingerprint density at radius 3 is 2.55 bits per heavy atom. The molecule has 0 aliphatic heterocycles. The molecule has 0 fully saturated rings. The van der Waals surface area contributed by atoms with Crippen molar-refractivity contribution in [2.75, 3.05) is 11.1 Å². The average Bonchev–Trinajstić information content (AvgIpc) is 3.14. The van der Waals surface area contributed by atoms with E-state index in [9.17, 15) is 4.79 Å². The molecule has 3 rings (SSSR count). The number of nitrogens with one attached hydrogen (secondary N) is 1. The molecule has 0 aliphatic carbocycles. The molecule has 0 bridgehead atoms. The van der Waals surface area contributed by atoms with Gasteiger partial charge in [0.2, 0.25) is 5.91 Å². The fourth-order valence-electron chi connectivity index (χ4n) is 3.10. The van der Waals surface area contributed by atoms with Crippen LogP contribution in [-0.2, 0) is 11.3 Å². The SMILES string of the molecule is CCn1c(SCC(=O)Nc2c(Cl)cccc2Cl)nnc1C(C)Oc1ccc(C)cc1C. The van der Waals surface area contributed by atoms with Gasteiger partial charge >= 0.3 is 0 Å². The molecule has 0 radical (unpaired) electrons. The van der Waals surface area contributed by atoms with E-state index in [1.165, 1.54) is 17.3 Å². The highest BCUT2D eigenvalue weighted by molar-refractivity contribution is 7.99. The molecule has 164 valence electrons. The van der Waals surface area contributed by atoms with Crippen LogP contribution in [0, 0.1) is 13.8 Å². The quantitative estimate of drug-likeness (QED) is 0.396. The van der Waals surface area contributed by atoms with Crippen LogP contribution >= 0.6 is 35.0 Å². The summed E-state index contributed by atoms with van der Waals surface area (Å²) in [4.78, 5) is 12.4. The molecule has 9 heteroatoms. The molecule has 0 aliphatic rings. The van der Waals surface area contributed by atoms with E-state index < -0.39 is 0 Å².